The van der Waals surface area contributed by atoms with E-state index < -0.39 is 36.0 Å². The van der Waals surface area contributed by atoms with Crippen molar-refractivity contribution in [3.8, 4) is 11.3 Å². The highest BCUT2D eigenvalue weighted by Crippen LogP contribution is 2.33. The van der Waals surface area contributed by atoms with Gasteiger partial charge in [-0.1, -0.05) is 123 Å². The molecule has 4 aromatic rings. The van der Waals surface area contributed by atoms with E-state index in [1.165, 1.54) is 67.5 Å². The van der Waals surface area contributed by atoms with Crippen molar-refractivity contribution in [2.75, 3.05) is 10.2 Å². The summed E-state index contributed by atoms with van der Waals surface area (Å²) in [7, 11) is 0. The molecule has 1 aliphatic heterocycles. The van der Waals surface area contributed by atoms with E-state index in [-0.39, 0.29) is 58.8 Å². The fourth-order valence-electron chi connectivity index (χ4n) is 8.26. The Morgan fingerprint density at radius 1 is 0.818 bits per heavy atom. The van der Waals surface area contributed by atoms with Gasteiger partial charge in [0.15, 0.2) is 0 Å². The molecule has 3 amide bonds. The van der Waals surface area contributed by atoms with E-state index in [1.807, 2.05) is 19.9 Å². The predicted molar refractivity (Wildman–Crippen MR) is 255 cm³/mol. The van der Waals surface area contributed by atoms with Crippen LogP contribution >= 0.6 is 0 Å². The first kappa shape index (κ1) is 50.8. The SMILES string of the molecule is CCCCCCCCCCCC(C[C@@H]1OC(=O)[C@H]1CCCCCC)OC(=O)C(CC(C)C)NC(=O)N(c1cccc(NC(=O)c2ccccc2C(=O)O)c1)c1nccc(-c2cccnc2)n1. The fraction of sp³-hybridized carbons (Fsp3) is 0.500. The molecule has 2 unspecified atom stereocenters. The standard InChI is InChI=1S/C52H68N6O8/c1-5-7-9-11-12-13-14-15-16-25-40(34-46-43(49(62)66-46)28-17-10-8-6-2)65-50(63)45(32-36(3)4)57-52(64)58(51-54-31-29-44(56-51)37-22-21-30-53-35-37)39-24-20-23-38(33-39)55-47(59)41-26-18-19-27-42(41)48(60)61/h18-24,26-27,29-31,33,35-36,40,43,45-46H,5-17,25,28,32,34H2,1-4H3,(H,55,59)(H,57,64)(H,60,61)/t40?,43-,45?,46-/m0/s1. The van der Waals surface area contributed by atoms with Gasteiger partial charge in [0.25, 0.3) is 5.91 Å². The monoisotopic (exact) mass is 905 g/mol. The number of rotatable bonds is 28. The second-order valence-electron chi connectivity index (χ2n) is 17.6. The number of esters is 2. The number of urea groups is 1. The van der Waals surface area contributed by atoms with Crippen LogP contribution in [0.3, 0.4) is 0 Å². The molecule has 4 atom stereocenters. The van der Waals surface area contributed by atoms with E-state index in [1.54, 1.807) is 48.8 Å². The normalized spacial score (nSPS) is 15.3. The van der Waals surface area contributed by atoms with Crippen LogP contribution in [0.15, 0.2) is 85.3 Å². The second kappa shape index (κ2) is 26.7. The van der Waals surface area contributed by atoms with Gasteiger partial charge in [-0.3, -0.25) is 14.6 Å². The maximum Gasteiger partial charge on any atom is 0.336 e. The summed E-state index contributed by atoms with van der Waals surface area (Å²) in [6, 6.07) is 15.8. The van der Waals surface area contributed by atoms with E-state index in [0.717, 1.165) is 57.8 Å². The number of benzene rings is 2. The van der Waals surface area contributed by atoms with E-state index in [2.05, 4.69) is 34.4 Å². The molecule has 5 rings (SSSR count). The number of aromatic carboxylic acids is 1. The fourth-order valence-corrected chi connectivity index (χ4v) is 8.26. The first-order chi connectivity index (χ1) is 32.0. The molecular formula is C52H68N6O8. The quantitative estimate of drug-likeness (QED) is 0.0363. The summed E-state index contributed by atoms with van der Waals surface area (Å²) in [4.78, 5) is 81.8. The van der Waals surface area contributed by atoms with Gasteiger partial charge in [-0.25, -0.2) is 29.3 Å². The number of carbonyl (C=O) groups is 5. The minimum atomic E-state index is -1.25. The molecule has 66 heavy (non-hydrogen) atoms. The number of hydrogen-bond donors (Lipinski definition) is 3. The molecule has 2 aromatic carbocycles. The molecule has 0 bridgehead atoms. The average molecular weight is 905 g/mol. The third kappa shape index (κ3) is 15.5. The summed E-state index contributed by atoms with van der Waals surface area (Å²) in [6.07, 6.45) is 20.5. The molecule has 3 N–H and O–H groups in total. The minimum Gasteiger partial charge on any atom is -0.478 e. The number of amides is 3. The number of unbranched alkanes of at least 4 members (excludes halogenated alkanes) is 11. The summed E-state index contributed by atoms with van der Waals surface area (Å²) >= 11 is 0. The Morgan fingerprint density at radius 2 is 1.52 bits per heavy atom. The molecule has 0 saturated carbocycles. The maximum absolute atomic E-state index is 14.8. The Balaban J connectivity index is 1.39. The van der Waals surface area contributed by atoms with Gasteiger partial charge in [-0.05, 0) is 80.1 Å². The van der Waals surface area contributed by atoms with Gasteiger partial charge >= 0.3 is 23.9 Å². The largest absolute Gasteiger partial charge is 0.478 e. The van der Waals surface area contributed by atoms with Crippen LogP contribution in [0, 0.1) is 11.8 Å². The lowest BCUT2D eigenvalue weighted by Crippen LogP contribution is -2.50. The summed E-state index contributed by atoms with van der Waals surface area (Å²) in [5.74, 6) is -2.96. The molecule has 2 aromatic heterocycles. The summed E-state index contributed by atoms with van der Waals surface area (Å²) in [5, 5.41) is 15.4. The molecule has 3 heterocycles. The molecule has 1 saturated heterocycles. The van der Waals surface area contributed by atoms with Crippen LogP contribution in [0.5, 0.6) is 0 Å². The average Bonchev–Trinajstić information content (AvgIpc) is 3.30. The van der Waals surface area contributed by atoms with Crippen molar-refractivity contribution < 1.29 is 38.6 Å². The van der Waals surface area contributed by atoms with E-state index in [9.17, 15) is 29.1 Å². The highest BCUT2D eigenvalue weighted by molar-refractivity contribution is 6.11. The van der Waals surface area contributed by atoms with Gasteiger partial charge in [0.05, 0.1) is 28.4 Å². The molecule has 1 fully saturated rings. The van der Waals surface area contributed by atoms with Gasteiger partial charge in [0.1, 0.15) is 18.2 Å². The zero-order valence-corrected chi connectivity index (χ0v) is 39.1. The third-order valence-electron chi connectivity index (χ3n) is 11.9. The Hall–Kier alpha value is -6.18. The maximum atomic E-state index is 14.8. The summed E-state index contributed by atoms with van der Waals surface area (Å²) in [6.45, 7) is 8.28. The van der Waals surface area contributed by atoms with Gasteiger partial charge in [-0.15, -0.1) is 0 Å². The van der Waals surface area contributed by atoms with Crippen molar-refractivity contribution in [1.82, 2.24) is 20.3 Å². The van der Waals surface area contributed by atoms with Gasteiger partial charge in [-0.2, -0.15) is 0 Å². The van der Waals surface area contributed by atoms with Crippen LogP contribution in [0.1, 0.15) is 158 Å². The van der Waals surface area contributed by atoms with E-state index in [0.29, 0.717) is 24.1 Å². The number of cyclic esters (lactones) is 1. The molecule has 14 nitrogen and oxygen atoms in total. The molecular weight excluding hydrogens is 837 g/mol. The topological polar surface area (TPSA) is 190 Å². The molecule has 0 aliphatic carbocycles. The van der Waals surface area contributed by atoms with Crippen LogP contribution in [-0.4, -0.2) is 68.2 Å². The first-order valence-electron chi connectivity index (χ1n) is 24.0. The lowest BCUT2D eigenvalue weighted by atomic mass is 9.86. The zero-order valence-electron chi connectivity index (χ0n) is 39.1. The van der Waals surface area contributed by atoms with E-state index in [4.69, 9.17) is 14.5 Å². The molecule has 1 aliphatic rings. The van der Waals surface area contributed by atoms with Crippen LogP contribution in [0.2, 0.25) is 0 Å². The smallest absolute Gasteiger partial charge is 0.336 e. The number of carboxylic acid groups (broad SMARTS) is 1. The van der Waals surface area contributed by atoms with Crippen molar-refractivity contribution in [2.24, 2.45) is 11.8 Å². The third-order valence-corrected chi connectivity index (χ3v) is 11.9. The highest BCUT2D eigenvalue weighted by atomic mass is 16.6. The molecule has 14 heteroatoms. The number of carbonyl (C=O) groups excluding carboxylic acids is 4. The lowest BCUT2D eigenvalue weighted by Gasteiger charge is -2.37. The second-order valence-corrected chi connectivity index (χ2v) is 17.6. The lowest BCUT2D eigenvalue weighted by molar-refractivity contribution is -0.190. The van der Waals surface area contributed by atoms with Crippen LogP contribution in [0.25, 0.3) is 11.3 Å². The van der Waals surface area contributed by atoms with Crippen molar-refractivity contribution >= 4 is 47.2 Å². The number of ether oxygens (including phenoxy) is 2. The van der Waals surface area contributed by atoms with Gasteiger partial charge in [0.2, 0.25) is 5.95 Å². The van der Waals surface area contributed by atoms with Crippen molar-refractivity contribution in [3.05, 3.63) is 96.4 Å². The predicted octanol–water partition coefficient (Wildman–Crippen LogP) is 11.5. The first-order valence-corrected chi connectivity index (χ1v) is 24.0. The van der Waals surface area contributed by atoms with Gasteiger partial charge < -0.3 is 25.2 Å². The Morgan fingerprint density at radius 3 is 2.18 bits per heavy atom. The van der Waals surface area contributed by atoms with Crippen LogP contribution < -0.4 is 15.5 Å². The Labute approximate surface area is 389 Å². The number of hydrogen-bond acceptors (Lipinski definition) is 10. The Bertz CT molecular complexity index is 2180. The summed E-state index contributed by atoms with van der Waals surface area (Å²) < 4.78 is 12.0. The number of nitrogens with one attached hydrogen (secondary N) is 2. The number of pyridine rings is 1. The minimum absolute atomic E-state index is 0.0229. The highest BCUT2D eigenvalue weighted by Gasteiger charge is 2.43. The molecule has 354 valence electrons. The van der Waals surface area contributed by atoms with E-state index >= 15 is 0 Å². The van der Waals surface area contributed by atoms with Crippen molar-refractivity contribution in [3.63, 3.8) is 0 Å². The number of anilines is 3. The Kier molecular flexibility index (Phi) is 20.6. The van der Waals surface area contributed by atoms with Crippen LogP contribution in [0.4, 0.5) is 22.1 Å². The van der Waals surface area contributed by atoms with Crippen LogP contribution in [-0.2, 0) is 19.1 Å². The summed E-state index contributed by atoms with van der Waals surface area (Å²) in [5.41, 5.74) is 1.47. The van der Waals surface area contributed by atoms with Crippen molar-refractivity contribution in [2.45, 2.75) is 155 Å². The molecule has 0 spiro atoms. The number of nitrogens with zero attached hydrogens (tertiary/aromatic N) is 4. The molecule has 0 radical (unpaired) electrons. The number of carboxylic acids is 1. The van der Waals surface area contributed by atoms with Gasteiger partial charge in [0, 0.05) is 36.3 Å². The number of aromatic nitrogens is 3. The zero-order chi connectivity index (χ0) is 47.3. The van der Waals surface area contributed by atoms with Crippen molar-refractivity contribution in [1.29, 1.82) is 0 Å².